The van der Waals surface area contributed by atoms with E-state index in [4.69, 9.17) is 20.9 Å². The molecule has 1 aliphatic carbocycles. The molecule has 0 saturated heterocycles. The minimum absolute atomic E-state index is 0.0127. The van der Waals surface area contributed by atoms with Gasteiger partial charge in [0, 0.05) is 5.92 Å². The zero-order valence-corrected chi connectivity index (χ0v) is 8.48. The van der Waals surface area contributed by atoms with E-state index in [9.17, 15) is 9.59 Å². The van der Waals surface area contributed by atoms with Crippen LogP contribution < -0.4 is 11.5 Å². The molecule has 0 heterocycles. The Balaban J connectivity index is 2.52. The van der Waals surface area contributed by atoms with Gasteiger partial charge in [0.15, 0.2) is 0 Å². The number of hydrogen-bond acceptors (Lipinski definition) is 4. The van der Waals surface area contributed by atoms with Crippen molar-refractivity contribution in [2.45, 2.75) is 38.4 Å². The van der Waals surface area contributed by atoms with Crippen LogP contribution in [-0.4, -0.2) is 18.5 Å². The Morgan fingerprint density at radius 2 is 1.47 bits per heavy atom. The van der Waals surface area contributed by atoms with E-state index in [1.54, 1.807) is 0 Å². The first-order valence-electron chi connectivity index (χ1n) is 5.02. The van der Waals surface area contributed by atoms with Crippen LogP contribution in [0.4, 0.5) is 9.59 Å². The molecular formula is C9H16N2O4. The minimum atomic E-state index is -0.952. The first kappa shape index (κ1) is 11.6. The summed E-state index contributed by atoms with van der Waals surface area (Å²) >= 11 is 0. The van der Waals surface area contributed by atoms with E-state index in [-0.39, 0.29) is 5.92 Å². The number of ether oxygens (including phenoxy) is 2. The van der Waals surface area contributed by atoms with Gasteiger partial charge in [-0.1, -0.05) is 19.3 Å². The monoisotopic (exact) mass is 216 g/mol. The highest BCUT2D eigenvalue weighted by Gasteiger charge is 2.28. The van der Waals surface area contributed by atoms with Gasteiger partial charge in [-0.05, 0) is 12.8 Å². The molecule has 0 unspecified atom stereocenters. The molecule has 1 rings (SSSR count). The number of hydrogen-bond donors (Lipinski definition) is 2. The molecule has 6 nitrogen and oxygen atoms in total. The molecule has 1 aliphatic rings. The third-order valence-corrected chi connectivity index (χ3v) is 2.50. The number of nitrogens with two attached hydrogens (primary N) is 2. The van der Waals surface area contributed by atoms with E-state index < -0.39 is 18.5 Å². The summed E-state index contributed by atoms with van der Waals surface area (Å²) in [7, 11) is 0. The number of primary amides is 2. The molecule has 6 heteroatoms. The van der Waals surface area contributed by atoms with Crippen molar-refractivity contribution in [1.29, 1.82) is 0 Å². The molecule has 0 atom stereocenters. The van der Waals surface area contributed by atoms with Crippen LogP contribution in [0, 0.1) is 5.92 Å². The van der Waals surface area contributed by atoms with Crippen molar-refractivity contribution >= 4 is 12.2 Å². The summed E-state index contributed by atoms with van der Waals surface area (Å²) in [5.74, 6) is 0.0127. The van der Waals surface area contributed by atoms with E-state index in [1.807, 2.05) is 0 Å². The Hall–Kier alpha value is -1.46. The molecule has 0 aromatic carbocycles. The fourth-order valence-electron chi connectivity index (χ4n) is 1.85. The van der Waals surface area contributed by atoms with Gasteiger partial charge in [-0.2, -0.15) is 0 Å². The predicted octanol–water partition coefficient (Wildman–Crippen LogP) is 1.08. The van der Waals surface area contributed by atoms with Crippen LogP contribution in [0.2, 0.25) is 0 Å². The molecule has 0 spiro atoms. The second-order valence-electron chi connectivity index (χ2n) is 3.64. The number of carbonyl (C=O) groups excluding carboxylic acids is 2. The third-order valence-electron chi connectivity index (χ3n) is 2.50. The molecule has 15 heavy (non-hydrogen) atoms. The third kappa shape index (κ3) is 4.05. The number of rotatable bonds is 3. The summed E-state index contributed by atoms with van der Waals surface area (Å²) in [6.07, 6.45) is 2.09. The van der Waals surface area contributed by atoms with Crippen molar-refractivity contribution in [3.8, 4) is 0 Å². The molecule has 0 bridgehead atoms. The van der Waals surface area contributed by atoms with Gasteiger partial charge < -0.3 is 20.9 Å². The maximum Gasteiger partial charge on any atom is 0.407 e. The average Bonchev–Trinajstić information content (AvgIpc) is 2.17. The Morgan fingerprint density at radius 3 is 1.87 bits per heavy atom. The Bertz CT molecular complexity index is 222. The van der Waals surface area contributed by atoms with Crippen molar-refractivity contribution in [3.63, 3.8) is 0 Å². The van der Waals surface area contributed by atoms with Gasteiger partial charge in [0.25, 0.3) is 6.29 Å². The lowest BCUT2D eigenvalue weighted by Gasteiger charge is -2.27. The Morgan fingerprint density at radius 1 is 1.00 bits per heavy atom. The van der Waals surface area contributed by atoms with Gasteiger partial charge in [-0.25, -0.2) is 9.59 Å². The SMILES string of the molecule is NC(=O)OC(OC(N)=O)C1CCCCC1. The van der Waals surface area contributed by atoms with Crippen LogP contribution >= 0.6 is 0 Å². The van der Waals surface area contributed by atoms with Gasteiger partial charge in [-0.3, -0.25) is 0 Å². The highest BCUT2D eigenvalue weighted by molar-refractivity contribution is 5.66. The summed E-state index contributed by atoms with van der Waals surface area (Å²) in [6, 6.07) is 0. The van der Waals surface area contributed by atoms with E-state index in [2.05, 4.69) is 0 Å². The highest BCUT2D eigenvalue weighted by Crippen LogP contribution is 2.28. The van der Waals surface area contributed by atoms with Crippen molar-refractivity contribution in [1.82, 2.24) is 0 Å². The summed E-state index contributed by atoms with van der Waals surface area (Å²) in [5.41, 5.74) is 9.76. The highest BCUT2D eigenvalue weighted by atomic mass is 16.7. The lowest BCUT2D eigenvalue weighted by molar-refractivity contribution is -0.0989. The van der Waals surface area contributed by atoms with Gasteiger partial charge in [-0.15, -0.1) is 0 Å². The van der Waals surface area contributed by atoms with Crippen LogP contribution in [0.15, 0.2) is 0 Å². The lowest BCUT2D eigenvalue weighted by Crippen LogP contribution is -2.36. The van der Waals surface area contributed by atoms with E-state index in [0.717, 1.165) is 32.1 Å². The molecule has 1 saturated carbocycles. The molecular weight excluding hydrogens is 200 g/mol. The molecule has 0 aliphatic heterocycles. The zero-order chi connectivity index (χ0) is 11.3. The molecule has 1 fully saturated rings. The second-order valence-corrected chi connectivity index (χ2v) is 3.64. The smallest absolute Gasteiger partial charge is 0.407 e. The molecule has 0 aromatic heterocycles. The summed E-state index contributed by atoms with van der Waals surface area (Å²) in [6.45, 7) is 0. The average molecular weight is 216 g/mol. The van der Waals surface area contributed by atoms with Gasteiger partial charge >= 0.3 is 12.2 Å². The van der Waals surface area contributed by atoms with Crippen molar-refractivity contribution < 1.29 is 19.1 Å². The van der Waals surface area contributed by atoms with Crippen LogP contribution in [0.1, 0.15) is 32.1 Å². The standard InChI is InChI=1S/C9H16N2O4/c10-8(12)14-7(15-9(11)13)6-4-2-1-3-5-6/h6-7H,1-5H2,(H2,10,12)(H2,11,13). The van der Waals surface area contributed by atoms with E-state index >= 15 is 0 Å². The van der Waals surface area contributed by atoms with E-state index in [0.29, 0.717) is 0 Å². The quantitative estimate of drug-likeness (QED) is 0.688. The fourth-order valence-corrected chi connectivity index (χ4v) is 1.85. The lowest BCUT2D eigenvalue weighted by atomic mass is 9.89. The minimum Gasteiger partial charge on any atom is -0.409 e. The van der Waals surface area contributed by atoms with Crippen molar-refractivity contribution in [2.24, 2.45) is 17.4 Å². The Kier molecular flexibility index (Phi) is 4.20. The Labute approximate surface area is 87.9 Å². The van der Waals surface area contributed by atoms with Crippen molar-refractivity contribution in [3.05, 3.63) is 0 Å². The summed E-state index contributed by atoms with van der Waals surface area (Å²) in [4.78, 5) is 21.2. The number of amides is 2. The maximum absolute atomic E-state index is 10.6. The second kappa shape index (κ2) is 5.43. The van der Waals surface area contributed by atoms with Crippen LogP contribution in [-0.2, 0) is 9.47 Å². The molecule has 0 aromatic rings. The molecule has 4 N–H and O–H groups in total. The largest absolute Gasteiger partial charge is 0.409 e. The number of carbonyl (C=O) groups is 2. The summed E-state index contributed by atoms with van der Waals surface area (Å²) < 4.78 is 9.43. The first-order chi connectivity index (χ1) is 7.09. The summed E-state index contributed by atoms with van der Waals surface area (Å²) in [5, 5.41) is 0. The fraction of sp³-hybridized carbons (Fsp3) is 0.778. The maximum atomic E-state index is 10.6. The predicted molar refractivity (Wildman–Crippen MR) is 51.7 cm³/mol. The van der Waals surface area contributed by atoms with Crippen LogP contribution in [0.3, 0.4) is 0 Å². The van der Waals surface area contributed by atoms with Gasteiger partial charge in [0.1, 0.15) is 0 Å². The zero-order valence-electron chi connectivity index (χ0n) is 8.48. The molecule has 0 radical (unpaired) electrons. The van der Waals surface area contributed by atoms with Gasteiger partial charge in [0.2, 0.25) is 0 Å². The topological polar surface area (TPSA) is 105 Å². The van der Waals surface area contributed by atoms with Crippen molar-refractivity contribution in [2.75, 3.05) is 0 Å². The molecule has 86 valence electrons. The first-order valence-corrected chi connectivity index (χ1v) is 5.02. The molecule has 2 amide bonds. The van der Waals surface area contributed by atoms with Crippen LogP contribution in [0.25, 0.3) is 0 Å². The van der Waals surface area contributed by atoms with E-state index in [1.165, 1.54) is 0 Å². The normalized spacial score (nSPS) is 17.4. The van der Waals surface area contributed by atoms with Crippen LogP contribution in [0.5, 0.6) is 0 Å². The van der Waals surface area contributed by atoms with Gasteiger partial charge in [0.05, 0.1) is 0 Å².